The fourth-order valence-corrected chi connectivity index (χ4v) is 2.18. The van der Waals surface area contributed by atoms with Crippen molar-refractivity contribution in [3.05, 3.63) is 40.5 Å². The van der Waals surface area contributed by atoms with Gasteiger partial charge in [-0.1, -0.05) is 12.1 Å². The molecule has 0 aliphatic heterocycles. The standard InChI is InChI=1S/C12H8BrNO/c1-7-5-6-9-8-3-2-4-10(13)11(8)15-12(9)14-7/h2-6H,1H3. The van der Waals surface area contributed by atoms with Gasteiger partial charge in [0.05, 0.1) is 4.47 Å². The zero-order valence-electron chi connectivity index (χ0n) is 8.12. The van der Waals surface area contributed by atoms with Crippen molar-refractivity contribution in [2.75, 3.05) is 0 Å². The molecule has 2 aromatic heterocycles. The Labute approximate surface area is 95.0 Å². The Bertz CT molecular complexity index is 657. The number of benzene rings is 1. The van der Waals surface area contributed by atoms with Crippen LogP contribution in [-0.2, 0) is 0 Å². The van der Waals surface area contributed by atoms with Crippen LogP contribution in [0.4, 0.5) is 0 Å². The lowest BCUT2D eigenvalue weighted by Gasteiger charge is -1.90. The van der Waals surface area contributed by atoms with Gasteiger partial charge in [-0.25, -0.2) is 4.98 Å². The summed E-state index contributed by atoms with van der Waals surface area (Å²) in [6, 6.07) is 10.1. The molecule has 3 aromatic rings. The Balaban J connectivity index is 2.57. The highest BCUT2D eigenvalue weighted by molar-refractivity contribution is 9.10. The van der Waals surface area contributed by atoms with E-state index in [-0.39, 0.29) is 0 Å². The summed E-state index contributed by atoms with van der Waals surface area (Å²) in [6.45, 7) is 1.96. The van der Waals surface area contributed by atoms with Crippen LogP contribution in [-0.4, -0.2) is 4.98 Å². The van der Waals surface area contributed by atoms with E-state index >= 15 is 0 Å². The summed E-state index contributed by atoms with van der Waals surface area (Å²) in [4.78, 5) is 4.37. The Morgan fingerprint density at radius 3 is 2.87 bits per heavy atom. The molecule has 3 heteroatoms. The fraction of sp³-hybridized carbons (Fsp3) is 0.0833. The molecular formula is C12H8BrNO. The van der Waals surface area contributed by atoms with E-state index in [0.29, 0.717) is 5.71 Å². The zero-order chi connectivity index (χ0) is 10.4. The van der Waals surface area contributed by atoms with Gasteiger partial charge in [-0.05, 0) is 41.1 Å². The zero-order valence-corrected chi connectivity index (χ0v) is 9.71. The second-order valence-corrected chi connectivity index (χ2v) is 4.38. The molecule has 3 rings (SSSR count). The summed E-state index contributed by atoms with van der Waals surface area (Å²) < 4.78 is 6.67. The van der Waals surface area contributed by atoms with Gasteiger partial charge in [0.15, 0.2) is 5.58 Å². The maximum atomic E-state index is 5.71. The highest BCUT2D eigenvalue weighted by atomic mass is 79.9. The Morgan fingerprint density at radius 1 is 1.13 bits per heavy atom. The van der Waals surface area contributed by atoms with E-state index < -0.39 is 0 Å². The molecule has 15 heavy (non-hydrogen) atoms. The van der Waals surface area contributed by atoms with Crippen molar-refractivity contribution in [1.82, 2.24) is 4.98 Å². The average molecular weight is 262 g/mol. The molecule has 0 radical (unpaired) electrons. The minimum atomic E-state index is 0.705. The van der Waals surface area contributed by atoms with Crippen LogP contribution in [0.3, 0.4) is 0 Å². The van der Waals surface area contributed by atoms with Crippen LogP contribution in [0, 0.1) is 6.92 Å². The molecule has 0 N–H and O–H groups in total. The summed E-state index contributed by atoms with van der Waals surface area (Å²) in [5, 5.41) is 2.17. The van der Waals surface area contributed by atoms with E-state index in [4.69, 9.17) is 4.42 Å². The van der Waals surface area contributed by atoms with E-state index in [1.165, 1.54) is 0 Å². The molecule has 0 amide bonds. The third-order valence-electron chi connectivity index (χ3n) is 2.46. The number of furan rings is 1. The Hall–Kier alpha value is -1.35. The summed E-state index contributed by atoms with van der Waals surface area (Å²) in [7, 11) is 0. The number of para-hydroxylation sites is 1. The molecule has 0 saturated heterocycles. The minimum Gasteiger partial charge on any atom is -0.437 e. The number of aryl methyl sites for hydroxylation is 1. The quantitative estimate of drug-likeness (QED) is 0.610. The highest BCUT2D eigenvalue weighted by Crippen LogP contribution is 2.32. The van der Waals surface area contributed by atoms with Gasteiger partial charge in [-0.2, -0.15) is 0 Å². The van der Waals surface area contributed by atoms with Gasteiger partial charge in [-0.15, -0.1) is 0 Å². The lowest BCUT2D eigenvalue weighted by molar-refractivity contribution is 0.650. The van der Waals surface area contributed by atoms with Gasteiger partial charge in [0.1, 0.15) is 0 Å². The number of nitrogens with zero attached hydrogens (tertiary/aromatic N) is 1. The molecular weight excluding hydrogens is 254 g/mol. The van der Waals surface area contributed by atoms with Crippen LogP contribution in [0.25, 0.3) is 22.1 Å². The van der Waals surface area contributed by atoms with Gasteiger partial charge < -0.3 is 4.42 Å². The van der Waals surface area contributed by atoms with E-state index in [0.717, 1.165) is 26.5 Å². The van der Waals surface area contributed by atoms with Crippen LogP contribution in [0.15, 0.2) is 39.2 Å². The van der Waals surface area contributed by atoms with E-state index in [2.05, 4.69) is 27.0 Å². The largest absolute Gasteiger partial charge is 0.437 e. The molecule has 0 aliphatic rings. The molecule has 74 valence electrons. The van der Waals surface area contributed by atoms with Crippen molar-refractivity contribution in [1.29, 1.82) is 0 Å². The maximum Gasteiger partial charge on any atom is 0.227 e. The number of aromatic nitrogens is 1. The molecule has 0 saturated carbocycles. The maximum absolute atomic E-state index is 5.71. The molecule has 0 atom stereocenters. The number of pyridine rings is 1. The van der Waals surface area contributed by atoms with E-state index in [1.54, 1.807) is 0 Å². The fourth-order valence-electron chi connectivity index (χ4n) is 1.74. The van der Waals surface area contributed by atoms with Crippen molar-refractivity contribution in [2.45, 2.75) is 6.92 Å². The third-order valence-corrected chi connectivity index (χ3v) is 3.08. The SMILES string of the molecule is Cc1ccc2c(n1)oc1c(Br)cccc12. The van der Waals surface area contributed by atoms with Crippen LogP contribution >= 0.6 is 15.9 Å². The van der Waals surface area contributed by atoms with Crippen molar-refractivity contribution in [2.24, 2.45) is 0 Å². The van der Waals surface area contributed by atoms with Crippen molar-refractivity contribution >= 4 is 38.0 Å². The third kappa shape index (κ3) is 1.27. The van der Waals surface area contributed by atoms with Crippen LogP contribution in [0.5, 0.6) is 0 Å². The Kier molecular flexibility index (Phi) is 1.83. The Morgan fingerprint density at radius 2 is 2.00 bits per heavy atom. The minimum absolute atomic E-state index is 0.705. The van der Waals surface area contributed by atoms with Gasteiger partial charge in [-0.3, -0.25) is 0 Å². The highest BCUT2D eigenvalue weighted by Gasteiger charge is 2.09. The number of fused-ring (bicyclic) bond motifs is 3. The predicted octanol–water partition coefficient (Wildman–Crippen LogP) is 4.05. The molecule has 2 nitrogen and oxygen atoms in total. The number of hydrogen-bond donors (Lipinski definition) is 0. The van der Waals surface area contributed by atoms with E-state index in [9.17, 15) is 0 Å². The number of hydrogen-bond acceptors (Lipinski definition) is 2. The first-order valence-electron chi connectivity index (χ1n) is 4.70. The van der Waals surface area contributed by atoms with Crippen LogP contribution in [0.1, 0.15) is 5.69 Å². The number of halogens is 1. The molecule has 0 bridgehead atoms. The predicted molar refractivity (Wildman–Crippen MR) is 64.0 cm³/mol. The first kappa shape index (κ1) is 8.92. The lowest BCUT2D eigenvalue weighted by Crippen LogP contribution is -1.77. The second-order valence-electron chi connectivity index (χ2n) is 3.52. The lowest BCUT2D eigenvalue weighted by atomic mass is 10.2. The molecule has 0 spiro atoms. The van der Waals surface area contributed by atoms with Gasteiger partial charge in [0, 0.05) is 16.5 Å². The summed E-state index contributed by atoms with van der Waals surface area (Å²) >= 11 is 3.47. The topological polar surface area (TPSA) is 26.0 Å². The molecule has 2 heterocycles. The van der Waals surface area contributed by atoms with Gasteiger partial charge >= 0.3 is 0 Å². The first-order chi connectivity index (χ1) is 7.25. The van der Waals surface area contributed by atoms with Gasteiger partial charge in [0.2, 0.25) is 5.71 Å². The summed E-state index contributed by atoms with van der Waals surface area (Å²) in [6.07, 6.45) is 0. The van der Waals surface area contributed by atoms with Crippen LogP contribution in [0.2, 0.25) is 0 Å². The molecule has 0 aliphatic carbocycles. The van der Waals surface area contributed by atoms with Crippen molar-refractivity contribution in [3.8, 4) is 0 Å². The molecule has 0 unspecified atom stereocenters. The number of rotatable bonds is 0. The van der Waals surface area contributed by atoms with Crippen molar-refractivity contribution in [3.63, 3.8) is 0 Å². The second kappa shape index (κ2) is 3.07. The molecule has 0 fully saturated rings. The summed E-state index contributed by atoms with van der Waals surface area (Å²) in [5.41, 5.74) is 2.54. The normalized spacial score (nSPS) is 11.3. The van der Waals surface area contributed by atoms with Crippen LogP contribution < -0.4 is 0 Å². The smallest absolute Gasteiger partial charge is 0.227 e. The summed E-state index contributed by atoms with van der Waals surface area (Å²) in [5.74, 6) is 0. The first-order valence-corrected chi connectivity index (χ1v) is 5.49. The average Bonchev–Trinajstić information content (AvgIpc) is 2.57. The van der Waals surface area contributed by atoms with Gasteiger partial charge in [0.25, 0.3) is 0 Å². The van der Waals surface area contributed by atoms with E-state index in [1.807, 2.05) is 31.2 Å². The monoisotopic (exact) mass is 261 g/mol. The van der Waals surface area contributed by atoms with Crippen molar-refractivity contribution < 1.29 is 4.42 Å². The molecule has 1 aromatic carbocycles.